The molecule has 8 nitrogen and oxygen atoms in total. The second-order valence-electron chi connectivity index (χ2n) is 3.82. The molecule has 8 heteroatoms. The van der Waals surface area contributed by atoms with Crippen molar-refractivity contribution < 1.29 is 14.9 Å². The van der Waals surface area contributed by atoms with E-state index in [0.29, 0.717) is 11.2 Å². The molecule has 0 amide bonds. The molecule has 3 rings (SSSR count). The van der Waals surface area contributed by atoms with Gasteiger partial charge in [0.1, 0.15) is 24.1 Å². The van der Waals surface area contributed by atoms with Crippen LogP contribution in [-0.4, -0.2) is 48.5 Å². The normalized spacial score (nSPS) is 28.2. The minimum atomic E-state index is -0.784. The molecule has 2 aromatic rings. The molecule has 0 spiro atoms. The summed E-state index contributed by atoms with van der Waals surface area (Å²) >= 11 is 0. The van der Waals surface area contributed by atoms with Crippen LogP contribution in [0.3, 0.4) is 0 Å². The number of nitrogens with two attached hydrogens (primary N) is 1. The molecule has 2 aromatic heterocycles. The van der Waals surface area contributed by atoms with Crippen LogP contribution in [0.15, 0.2) is 12.7 Å². The third-order valence-corrected chi connectivity index (χ3v) is 2.83. The molecule has 3 atom stereocenters. The SMILES string of the molecule is Nc1ncnc2c1ncn2[C@@H]1O[C@H](CO)[C@H]1O. The summed E-state index contributed by atoms with van der Waals surface area (Å²) in [4.78, 5) is 11.9. The number of aromatic nitrogens is 4. The van der Waals surface area contributed by atoms with E-state index < -0.39 is 18.4 Å². The van der Waals surface area contributed by atoms with Gasteiger partial charge in [-0.1, -0.05) is 0 Å². The lowest BCUT2D eigenvalue weighted by molar-refractivity contribution is -0.264. The Morgan fingerprint density at radius 1 is 1.41 bits per heavy atom. The van der Waals surface area contributed by atoms with Gasteiger partial charge in [-0.15, -0.1) is 0 Å². The molecule has 4 N–H and O–H groups in total. The van der Waals surface area contributed by atoms with Crippen LogP contribution in [-0.2, 0) is 4.74 Å². The van der Waals surface area contributed by atoms with Crippen LogP contribution in [0.5, 0.6) is 0 Å². The van der Waals surface area contributed by atoms with Crippen molar-refractivity contribution in [2.24, 2.45) is 0 Å². The van der Waals surface area contributed by atoms with E-state index in [-0.39, 0.29) is 12.4 Å². The van der Waals surface area contributed by atoms with E-state index in [1.165, 1.54) is 12.7 Å². The van der Waals surface area contributed by atoms with Crippen LogP contribution in [0, 0.1) is 0 Å². The second-order valence-corrected chi connectivity index (χ2v) is 3.82. The zero-order valence-electron chi connectivity index (χ0n) is 8.76. The van der Waals surface area contributed by atoms with Crippen molar-refractivity contribution in [2.45, 2.75) is 18.4 Å². The van der Waals surface area contributed by atoms with Gasteiger partial charge in [0, 0.05) is 0 Å². The van der Waals surface area contributed by atoms with Crippen LogP contribution in [0.4, 0.5) is 5.82 Å². The first-order valence-electron chi connectivity index (χ1n) is 5.09. The Morgan fingerprint density at radius 2 is 2.24 bits per heavy atom. The number of anilines is 1. The van der Waals surface area contributed by atoms with Gasteiger partial charge in [-0.2, -0.15) is 0 Å². The van der Waals surface area contributed by atoms with Gasteiger partial charge in [-0.25, -0.2) is 15.0 Å². The molecule has 1 aliphatic rings. The molecule has 3 heterocycles. The second kappa shape index (κ2) is 3.62. The van der Waals surface area contributed by atoms with Gasteiger partial charge >= 0.3 is 0 Å². The first-order chi connectivity index (χ1) is 8.22. The fraction of sp³-hybridized carbons (Fsp3) is 0.444. The molecule has 1 fully saturated rings. The van der Waals surface area contributed by atoms with E-state index in [1.54, 1.807) is 4.57 Å². The van der Waals surface area contributed by atoms with E-state index in [9.17, 15) is 5.11 Å². The molecule has 0 bridgehead atoms. The molecule has 1 saturated heterocycles. The number of rotatable bonds is 2. The van der Waals surface area contributed by atoms with Crippen molar-refractivity contribution in [1.82, 2.24) is 19.5 Å². The minimum absolute atomic E-state index is 0.221. The summed E-state index contributed by atoms with van der Waals surface area (Å²) in [6.07, 6.45) is 0.874. The number of hydrogen-bond acceptors (Lipinski definition) is 7. The quantitative estimate of drug-likeness (QED) is 0.591. The monoisotopic (exact) mass is 237 g/mol. The number of nitrogens with zero attached hydrogens (tertiary/aromatic N) is 4. The molecule has 0 saturated carbocycles. The largest absolute Gasteiger partial charge is 0.394 e. The van der Waals surface area contributed by atoms with Crippen molar-refractivity contribution in [3.8, 4) is 0 Å². The highest BCUT2D eigenvalue weighted by Gasteiger charge is 2.42. The molecule has 17 heavy (non-hydrogen) atoms. The van der Waals surface area contributed by atoms with Crippen LogP contribution < -0.4 is 5.73 Å². The Labute approximate surface area is 95.7 Å². The fourth-order valence-electron chi connectivity index (χ4n) is 1.87. The van der Waals surface area contributed by atoms with Crippen molar-refractivity contribution in [2.75, 3.05) is 12.3 Å². The minimum Gasteiger partial charge on any atom is -0.394 e. The zero-order valence-corrected chi connectivity index (χ0v) is 8.76. The molecule has 0 aliphatic carbocycles. The first kappa shape index (κ1) is 10.4. The number of nitrogen functional groups attached to an aromatic ring is 1. The predicted octanol–water partition coefficient (Wildman–Crippen LogP) is -1.34. The summed E-state index contributed by atoms with van der Waals surface area (Å²) in [5.41, 5.74) is 6.61. The van der Waals surface area contributed by atoms with Gasteiger partial charge in [0.2, 0.25) is 0 Å². The first-order valence-corrected chi connectivity index (χ1v) is 5.09. The summed E-state index contributed by atoms with van der Waals surface area (Å²) in [6.45, 7) is -0.221. The third-order valence-electron chi connectivity index (χ3n) is 2.83. The summed E-state index contributed by atoms with van der Waals surface area (Å²) in [5.74, 6) is 0.279. The summed E-state index contributed by atoms with van der Waals surface area (Å²) in [7, 11) is 0. The Kier molecular flexibility index (Phi) is 2.21. The Morgan fingerprint density at radius 3 is 2.94 bits per heavy atom. The molecule has 1 aliphatic heterocycles. The number of aliphatic hydroxyl groups is 2. The number of hydrogen-bond donors (Lipinski definition) is 3. The number of aliphatic hydroxyl groups excluding tert-OH is 2. The molecular formula is C9H11N5O3. The van der Waals surface area contributed by atoms with Gasteiger partial charge < -0.3 is 20.7 Å². The summed E-state index contributed by atoms with van der Waals surface area (Å²) in [6, 6.07) is 0. The average Bonchev–Trinajstić information content (AvgIpc) is 2.73. The highest BCUT2D eigenvalue weighted by molar-refractivity contribution is 5.81. The van der Waals surface area contributed by atoms with E-state index in [4.69, 9.17) is 15.6 Å². The van der Waals surface area contributed by atoms with Gasteiger partial charge in [-0.3, -0.25) is 4.57 Å². The maximum Gasteiger partial charge on any atom is 0.167 e. The van der Waals surface area contributed by atoms with Gasteiger partial charge in [0.05, 0.1) is 12.9 Å². The predicted molar refractivity (Wildman–Crippen MR) is 56.7 cm³/mol. The third kappa shape index (κ3) is 1.38. The van der Waals surface area contributed by atoms with E-state index in [0.717, 1.165) is 0 Å². The van der Waals surface area contributed by atoms with E-state index in [2.05, 4.69) is 15.0 Å². The molecule has 0 aromatic carbocycles. The Balaban J connectivity index is 2.00. The lowest BCUT2D eigenvalue weighted by Gasteiger charge is -2.40. The summed E-state index contributed by atoms with van der Waals surface area (Å²) < 4.78 is 6.89. The van der Waals surface area contributed by atoms with Crippen LogP contribution >= 0.6 is 0 Å². The highest BCUT2D eigenvalue weighted by Crippen LogP contribution is 2.32. The molecule has 0 radical (unpaired) electrons. The fourth-order valence-corrected chi connectivity index (χ4v) is 1.87. The van der Waals surface area contributed by atoms with Crippen molar-refractivity contribution in [1.29, 1.82) is 0 Å². The van der Waals surface area contributed by atoms with Crippen molar-refractivity contribution in [3.05, 3.63) is 12.7 Å². The van der Waals surface area contributed by atoms with Crippen molar-refractivity contribution >= 4 is 17.0 Å². The number of ether oxygens (including phenoxy) is 1. The Bertz CT molecular complexity index is 557. The van der Waals surface area contributed by atoms with Gasteiger partial charge in [-0.05, 0) is 0 Å². The number of fused-ring (bicyclic) bond motifs is 1. The maximum atomic E-state index is 9.76. The maximum absolute atomic E-state index is 9.76. The van der Waals surface area contributed by atoms with E-state index in [1.807, 2.05) is 0 Å². The molecular weight excluding hydrogens is 226 g/mol. The van der Waals surface area contributed by atoms with Crippen molar-refractivity contribution in [3.63, 3.8) is 0 Å². The standard InChI is InChI=1S/C9H11N5O3/c10-7-5-8(12-2-11-7)14(3-13-5)9-6(16)4(1-15)17-9/h2-4,6,9,15-16H,1H2,(H2,10,11,12)/t4-,6-,9-/m1/s1. The van der Waals surface area contributed by atoms with E-state index >= 15 is 0 Å². The van der Waals surface area contributed by atoms with Gasteiger partial charge in [0.15, 0.2) is 17.7 Å². The Hall–Kier alpha value is -1.77. The summed E-state index contributed by atoms with van der Waals surface area (Å²) in [5, 5.41) is 18.6. The van der Waals surface area contributed by atoms with Crippen LogP contribution in [0.1, 0.15) is 6.23 Å². The lowest BCUT2D eigenvalue weighted by atomic mass is 10.1. The zero-order chi connectivity index (χ0) is 12.0. The topological polar surface area (TPSA) is 119 Å². The van der Waals surface area contributed by atoms with Gasteiger partial charge in [0.25, 0.3) is 0 Å². The highest BCUT2D eigenvalue weighted by atomic mass is 16.6. The lowest BCUT2D eigenvalue weighted by Crippen LogP contribution is -2.52. The molecule has 90 valence electrons. The smallest absolute Gasteiger partial charge is 0.167 e. The number of imidazole rings is 1. The molecule has 0 unspecified atom stereocenters. The van der Waals surface area contributed by atoms with Crippen LogP contribution in [0.25, 0.3) is 11.2 Å². The van der Waals surface area contributed by atoms with Crippen LogP contribution in [0.2, 0.25) is 0 Å². The average molecular weight is 237 g/mol.